The van der Waals surface area contributed by atoms with Gasteiger partial charge in [-0.05, 0) is 35.1 Å². The molecular weight excluding hydrogens is 246 g/mol. The second kappa shape index (κ2) is 4.64. The Labute approximate surface area is 120 Å². The lowest BCUT2D eigenvalue weighted by Gasteiger charge is -2.16. The lowest BCUT2D eigenvalue weighted by atomic mass is 9.97. The van der Waals surface area contributed by atoms with Gasteiger partial charge in [0, 0.05) is 5.54 Å². The van der Waals surface area contributed by atoms with Crippen LogP contribution in [-0.2, 0) is 12.1 Å². The average molecular weight is 267 g/mol. The third kappa shape index (κ3) is 2.32. The minimum atomic E-state index is -0.195. The summed E-state index contributed by atoms with van der Waals surface area (Å²) in [6.45, 7) is 5.01. The summed E-state index contributed by atoms with van der Waals surface area (Å²) in [5, 5.41) is 0. The van der Waals surface area contributed by atoms with Gasteiger partial charge in [0.15, 0.2) is 0 Å². The number of hydrogen-bond acceptors (Lipinski definition) is 2. The molecule has 1 aliphatic carbocycles. The second-order valence-electron chi connectivity index (χ2n) is 6.33. The standard InChI is InChI=1S/C18H21NO/c1-17(2)13-18(17,19)15-9-6-10-16(11-15)20-12-14-7-4-3-5-8-14/h3-11H,12-13,19H2,1-2H3. The van der Waals surface area contributed by atoms with Gasteiger partial charge < -0.3 is 10.5 Å². The van der Waals surface area contributed by atoms with Crippen molar-refractivity contribution in [1.82, 2.24) is 0 Å². The zero-order valence-corrected chi connectivity index (χ0v) is 12.1. The van der Waals surface area contributed by atoms with Crippen molar-refractivity contribution in [2.45, 2.75) is 32.4 Å². The van der Waals surface area contributed by atoms with E-state index in [1.54, 1.807) is 0 Å². The van der Waals surface area contributed by atoms with Crippen molar-refractivity contribution in [3.63, 3.8) is 0 Å². The van der Waals surface area contributed by atoms with Crippen LogP contribution in [-0.4, -0.2) is 0 Å². The van der Waals surface area contributed by atoms with Crippen molar-refractivity contribution in [2.24, 2.45) is 11.1 Å². The summed E-state index contributed by atoms with van der Waals surface area (Å²) in [6, 6.07) is 18.4. The molecule has 1 saturated carbocycles. The topological polar surface area (TPSA) is 35.2 Å². The molecule has 2 aromatic rings. The fraction of sp³-hybridized carbons (Fsp3) is 0.333. The molecule has 104 valence electrons. The first-order valence-corrected chi connectivity index (χ1v) is 7.07. The van der Waals surface area contributed by atoms with E-state index in [0.29, 0.717) is 6.61 Å². The van der Waals surface area contributed by atoms with E-state index in [4.69, 9.17) is 10.5 Å². The molecule has 0 amide bonds. The van der Waals surface area contributed by atoms with E-state index in [9.17, 15) is 0 Å². The summed E-state index contributed by atoms with van der Waals surface area (Å²) in [5.74, 6) is 0.888. The molecule has 2 aromatic carbocycles. The molecular formula is C18H21NO. The smallest absolute Gasteiger partial charge is 0.120 e. The highest BCUT2D eigenvalue weighted by Crippen LogP contribution is 2.60. The predicted octanol–water partition coefficient (Wildman–Crippen LogP) is 3.85. The summed E-state index contributed by atoms with van der Waals surface area (Å²) in [5.41, 5.74) is 8.80. The second-order valence-corrected chi connectivity index (χ2v) is 6.33. The molecule has 2 N–H and O–H groups in total. The van der Waals surface area contributed by atoms with Crippen LogP contribution in [0.1, 0.15) is 31.4 Å². The molecule has 1 atom stereocenters. The zero-order valence-electron chi connectivity index (χ0n) is 12.1. The number of rotatable bonds is 4. The monoisotopic (exact) mass is 267 g/mol. The van der Waals surface area contributed by atoms with E-state index < -0.39 is 0 Å². The van der Waals surface area contributed by atoms with Crippen molar-refractivity contribution < 1.29 is 4.74 Å². The summed E-state index contributed by atoms with van der Waals surface area (Å²) < 4.78 is 5.87. The van der Waals surface area contributed by atoms with Gasteiger partial charge in [0.2, 0.25) is 0 Å². The Bertz CT molecular complexity index is 606. The Kier molecular flexibility index (Phi) is 3.06. The maximum atomic E-state index is 6.47. The third-order valence-corrected chi connectivity index (χ3v) is 4.40. The average Bonchev–Trinajstić information content (AvgIpc) is 2.98. The van der Waals surface area contributed by atoms with Crippen molar-refractivity contribution in [3.05, 3.63) is 65.7 Å². The van der Waals surface area contributed by atoms with Gasteiger partial charge in [-0.2, -0.15) is 0 Å². The SMILES string of the molecule is CC1(C)CC1(N)c1cccc(OCc2ccccc2)c1. The van der Waals surface area contributed by atoms with Crippen LogP contribution >= 0.6 is 0 Å². The first kappa shape index (κ1) is 13.2. The summed E-state index contributed by atoms with van der Waals surface area (Å²) >= 11 is 0. The Hall–Kier alpha value is -1.80. The van der Waals surface area contributed by atoms with Gasteiger partial charge >= 0.3 is 0 Å². The molecule has 20 heavy (non-hydrogen) atoms. The zero-order chi connectivity index (χ0) is 14.2. The van der Waals surface area contributed by atoms with E-state index in [1.165, 1.54) is 11.1 Å². The van der Waals surface area contributed by atoms with Gasteiger partial charge in [-0.1, -0.05) is 56.3 Å². The maximum Gasteiger partial charge on any atom is 0.120 e. The molecule has 0 aromatic heterocycles. The molecule has 0 saturated heterocycles. The predicted molar refractivity (Wildman–Crippen MR) is 81.5 cm³/mol. The quantitative estimate of drug-likeness (QED) is 0.913. The van der Waals surface area contributed by atoms with E-state index in [-0.39, 0.29) is 11.0 Å². The van der Waals surface area contributed by atoms with E-state index in [0.717, 1.165) is 12.2 Å². The lowest BCUT2D eigenvalue weighted by molar-refractivity contribution is 0.305. The number of nitrogens with two attached hydrogens (primary N) is 1. The van der Waals surface area contributed by atoms with Crippen molar-refractivity contribution >= 4 is 0 Å². The summed E-state index contributed by atoms with van der Waals surface area (Å²) in [4.78, 5) is 0. The van der Waals surface area contributed by atoms with Crippen LogP contribution in [0.5, 0.6) is 5.75 Å². The molecule has 1 unspecified atom stereocenters. The van der Waals surface area contributed by atoms with Crippen molar-refractivity contribution in [2.75, 3.05) is 0 Å². The van der Waals surface area contributed by atoms with Gasteiger partial charge in [0.25, 0.3) is 0 Å². The molecule has 1 aliphatic rings. The van der Waals surface area contributed by atoms with Gasteiger partial charge in [-0.3, -0.25) is 0 Å². The highest BCUT2D eigenvalue weighted by Gasteiger charge is 2.59. The van der Waals surface area contributed by atoms with Crippen LogP contribution in [0.3, 0.4) is 0 Å². The Balaban J connectivity index is 1.73. The van der Waals surface area contributed by atoms with E-state index >= 15 is 0 Å². The minimum Gasteiger partial charge on any atom is -0.489 e. The fourth-order valence-corrected chi connectivity index (χ4v) is 2.75. The van der Waals surface area contributed by atoms with Crippen LogP contribution in [0.15, 0.2) is 54.6 Å². The number of ether oxygens (including phenoxy) is 1. The van der Waals surface area contributed by atoms with Crippen molar-refractivity contribution in [1.29, 1.82) is 0 Å². The summed E-state index contributed by atoms with van der Waals surface area (Å²) in [7, 11) is 0. The van der Waals surface area contributed by atoms with Crippen LogP contribution in [0.4, 0.5) is 0 Å². The third-order valence-electron chi connectivity index (χ3n) is 4.40. The van der Waals surface area contributed by atoms with Crippen molar-refractivity contribution in [3.8, 4) is 5.75 Å². The number of hydrogen-bond donors (Lipinski definition) is 1. The molecule has 2 nitrogen and oxygen atoms in total. The number of benzene rings is 2. The molecule has 0 aliphatic heterocycles. The van der Waals surface area contributed by atoms with Crippen LogP contribution in [0.2, 0.25) is 0 Å². The van der Waals surface area contributed by atoms with Crippen LogP contribution in [0.25, 0.3) is 0 Å². The highest BCUT2D eigenvalue weighted by molar-refractivity contribution is 5.40. The Morgan fingerprint density at radius 2 is 1.75 bits per heavy atom. The molecule has 0 spiro atoms. The first-order chi connectivity index (χ1) is 9.51. The lowest BCUT2D eigenvalue weighted by Crippen LogP contribution is -2.25. The molecule has 2 heteroatoms. The Morgan fingerprint density at radius 3 is 2.40 bits per heavy atom. The van der Waals surface area contributed by atoms with E-state index in [1.807, 2.05) is 30.3 Å². The van der Waals surface area contributed by atoms with Gasteiger partial charge in [-0.25, -0.2) is 0 Å². The largest absolute Gasteiger partial charge is 0.489 e. The highest BCUT2D eigenvalue weighted by atomic mass is 16.5. The van der Waals surface area contributed by atoms with Crippen LogP contribution < -0.4 is 10.5 Å². The molecule has 3 rings (SSSR count). The maximum absolute atomic E-state index is 6.47. The van der Waals surface area contributed by atoms with Gasteiger partial charge in [0.05, 0.1) is 0 Å². The van der Waals surface area contributed by atoms with Gasteiger partial charge in [-0.15, -0.1) is 0 Å². The first-order valence-electron chi connectivity index (χ1n) is 7.07. The summed E-state index contributed by atoms with van der Waals surface area (Å²) in [6.07, 6.45) is 1.03. The molecule has 0 bridgehead atoms. The van der Waals surface area contributed by atoms with Crippen LogP contribution in [0, 0.1) is 5.41 Å². The molecule has 0 heterocycles. The molecule has 0 radical (unpaired) electrons. The minimum absolute atomic E-state index is 0.186. The van der Waals surface area contributed by atoms with E-state index in [2.05, 4.69) is 38.1 Å². The Morgan fingerprint density at radius 1 is 1.05 bits per heavy atom. The normalized spacial score (nSPS) is 23.4. The van der Waals surface area contributed by atoms with Gasteiger partial charge in [0.1, 0.15) is 12.4 Å². The fourth-order valence-electron chi connectivity index (χ4n) is 2.75. The molecule has 1 fully saturated rings.